The quantitative estimate of drug-likeness (QED) is 0.620. The number of hydrogen-bond donors (Lipinski definition) is 0. The number of pyridine rings is 1. The zero-order valence-corrected chi connectivity index (χ0v) is 11.7. The summed E-state index contributed by atoms with van der Waals surface area (Å²) in [5, 5.41) is 0.828. The van der Waals surface area contributed by atoms with Crippen molar-refractivity contribution in [2.75, 3.05) is 5.75 Å². The molecule has 100 valence electrons. The predicted molar refractivity (Wildman–Crippen MR) is 73.0 cm³/mol. The maximum absolute atomic E-state index is 11.9. The highest BCUT2D eigenvalue weighted by atomic mass is 32.2. The normalized spacial score (nSPS) is 10.4. The number of ether oxygens (including phenoxy) is 1. The molecule has 0 bridgehead atoms. The molecule has 0 aliphatic rings. The lowest BCUT2D eigenvalue weighted by atomic mass is 10.3. The molecule has 0 saturated carbocycles. The van der Waals surface area contributed by atoms with Gasteiger partial charge >= 0.3 is 5.97 Å². The Kier molecular flexibility index (Phi) is 4.57. The highest BCUT2D eigenvalue weighted by Gasteiger charge is 2.10. The third-order valence-corrected chi connectivity index (χ3v) is 3.32. The van der Waals surface area contributed by atoms with Crippen molar-refractivity contribution >= 4 is 17.7 Å². The van der Waals surface area contributed by atoms with E-state index < -0.39 is 0 Å². The standard InChI is InChI=1S/C13H15N3O2S/c1-3-19-12-8-10(4-5-15-12)13(17)18-9-11-14-6-7-16(11)2/h4-8H,3,9H2,1-2H3. The number of carbonyl (C=O) groups excluding carboxylic acids is 1. The van der Waals surface area contributed by atoms with Crippen LogP contribution < -0.4 is 0 Å². The van der Waals surface area contributed by atoms with Gasteiger partial charge in [0.25, 0.3) is 0 Å². The van der Waals surface area contributed by atoms with Crippen molar-refractivity contribution in [3.63, 3.8) is 0 Å². The number of nitrogens with zero attached hydrogens (tertiary/aromatic N) is 3. The van der Waals surface area contributed by atoms with Gasteiger partial charge in [-0.25, -0.2) is 14.8 Å². The second-order valence-electron chi connectivity index (χ2n) is 3.85. The molecule has 0 amide bonds. The maximum Gasteiger partial charge on any atom is 0.338 e. The number of rotatable bonds is 5. The summed E-state index contributed by atoms with van der Waals surface area (Å²) in [6.45, 7) is 2.21. The highest BCUT2D eigenvalue weighted by Crippen LogP contribution is 2.16. The van der Waals surface area contributed by atoms with Crippen LogP contribution in [0, 0.1) is 0 Å². The monoisotopic (exact) mass is 277 g/mol. The molecule has 0 aliphatic carbocycles. The van der Waals surface area contributed by atoms with Crippen LogP contribution in [0.3, 0.4) is 0 Å². The number of thioether (sulfide) groups is 1. The van der Waals surface area contributed by atoms with E-state index in [1.54, 1.807) is 36.3 Å². The minimum absolute atomic E-state index is 0.168. The first kappa shape index (κ1) is 13.6. The van der Waals surface area contributed by atoms with Crippen molar-refractivity contribution < 1.29 is 9.53 Å². The third kappa shape index (κ3) is 3.57. The summed E-state index contributed by atoms with van der Waals surface area (Å²) in [5.41, 5.74) is 0.514. The van der Waals surface area contributed by atoms with Gasteiger partial charge in [-0.1, -0.05) is 6.92 Å². The van der Waals surface area contributed by atoms with E-state index in [1.165, 1.54) is 0 Å². The summed E-state index contributed by atoms with van der Waals surface area (Å²) in [4.78, 5) is 20.2. The summed E-state index contributed by atoms with van der Waals surface area (Å²) in [5.74, 6) is 1.27. The van der Waals surface area contributed by atoms with Crippen LogP contribution in [0.4, 0.5) is 0 Å². The van der Waals surface area contributed by atoms with Gasteiger partial charge in [-0.15, -0.1) is 11.8 Å². The summed E-state index contributed by atoms with van der Waals surface area (Å²) in [6.07, 6.45) is 5.10. The molecule has 0 radical (unpaired) electrons. The molecular formula is C13H15N3O2S. The molecule has 0 unspecified atom stereocenters. The summed E-state index contributed by atoms with van der Waals surface area (Å²) in [7, 11) is 1.86. The number of esters is 1. The Morgan fingerprint density at radius 1 is 1.42 bits per heavy atom. The maximum atomic E-state index is 11.9. The van der Waals surface area contributed by atoms with Gasteiger partial charge in [0, 0.05) is 25.6 Å². The van der Waals surface area contributed by atoms with Crippen LogP contribution in [0.1, 0.15) is 23.1 Å². The molecule has 2 rings (SSSR count). The first-order valence-electron chi connectivity index (χ1n) is 5.93. The Morgan fingerprint density at radius 2 is 2.26 bits per heavy atom. The Hall–Kier alpha value is -1.82. The molecule has 6 heteroatoms. The van der Waals surface area contributed by atoms with Crippen molar-refractivity contribution in [1.82, 2.24) is 14.5 Å². The molecular weight excluding hydrogens is 262 g/mol. The minimum atomic E-state index is -0.358. The fourth-order valence-corrected chi connectivity index (χ4v) is 2.15. The Bertz CT molecular complexity index is 569. The van der Waals surface area contributed by atoms with E-state index in [2.05, 4.69) is 9.97 Å². The van der Waals surface area contributed by atoms with Gasteiger partial charge < -0.3 is 9.30 Å². The number of hydrogen-bond acceptors (Lipinski definition) is 5. The molecule has 0 aromatic carbocycles. The van der Waals surface area contributed by atoms with E-state index in [0.29, 0.717) is 11.4 Å². The van der Waals surface area contributed by atoms with Gasteiger partial charge in [-0.3, -0.25) is 0 Å². The molecule has 0 aliphatic heterocycles. The van der Waals surface area contributed by atoms with Gasteiger partial charge in [0.2, 0.25) is 0 Å². The van der Waals surface area contributed by atoms with Crippen LogP contribution >= 0.6 is 11.8 Å². The SMILES string of the molecule is CCSc1cc(C(=O)OCc2nccn2C)ccn1. The molecule has 5 nitrogen and oxygen atoms in total. The van der Waals surface area contributed by atoms with E-state index in [-0.39, 0.29) is 12.6 Å². The minimum Gasteiger partial charge on any atom is -0.454 e. The van der Waals surface area contributed by atoms with Gasteiger partial charge in [0.05, 0.1) is 10.6 Å². The Morgan fingerprint density at radius 3 is 2.95 bits per heavy atom. The molecule has 2 heterocycles. The predicted octanol–water partition coefficient (Wildman–Crippen LogP) is 2.28. The smallest absolute Gasteiger partial charge is 0.338 e. The molecule has 0 spiro atoms. The number of imidazole rings is 1. The lowest BCUT2D eigenvalue weighted by Gasteiger charge is -2.05. The molecule has 0 saturated heterocycles. The van der Waals surface area contributed by atoms with Gasteiger partial charge in [0.1, 0.15) is 12.4 Å². The van der Waals surface area contributed by atoms with Gasteiger partial charge in [0.15, 0.2) is 0 Å². The van der Waals surface area contributed by atoms with Crippen LogP contribution in [-0.2, 0) is 18.4 Å². The second-order valence-corrected chi connectivity index (χ2v) is 5.13. The van der Waals surface area contributed by atoms with Crippen LogP contribution in [0.2, 0.25) is 0 Å². The third-order valence-electron chi connectivity index (χ3n) is 2.52. The van der Waals surface area contributed by atoms with E-state index >= 15 is 0 Å². The van der Waals surface area contributed by atoms with Crippen molar-refractivity contribution in [2.24, 2.45) is 7.05 Å². The largest absolute Gasteiger partial charge is 0.454 e. The average molecular weight is 277 g/mol. The summed E-state index contributed by atoms with van der Waals surface area (Å²) in [6, 6.07) is 3.40. The zero-order valence-electron chi connectivity index (χ0n) is 10.9. The van der Waals surface area contributed by atoms with Gasteiger partial charge in [-0.05, 0) is 17.9 Å². The van der Waals surface area contributed by atoms with E-state index in [0.717, 1.165) is 10.8 Å². The lowest BCUT2D eigenvalue weighted by Crippen LogP contribution is -2.08. The highest BCUT2D eigenvalue weighted by molar-refractivity contribution is 7.99. The van der Waals surface area contributed by atoms with Crippen molar-refractivity contribution in [2.45, 2.75) is 18.6 Å². The van der Waals surface area contributed by atoms with Crippen LogP contribution in [0.15, 0.2) is 35.7 Å². The van der Waals surface area contributed by atoms with E-state index in [9.17, 15) is 4.79 Å². The Labute approximate surface area is 116 Å². The molecule has 0 N–H and O–H groups in total. The van der Waals surface area contributed by atoms with Crippen LogP contribution in [0.5, 0.6) is 0 Å². The lowest BCUT2D eigenvalue weighted by molar-refractivity contribution is 0.0458. The van der Waals surface area contributed by atoms with Crippen molar-refractivity contribution in [3.05, 3.63) is 42.1 Å². The van der Waals surface area contributed by atoms with Gasteiger partial charge in [-0.2, -0.15) is 0 Å². The van der Waals surface area contributed by atoms with Crippen molar-refractivity contribution in [1.29, 1.82) is 0 Å². The molecule has 2 aromatic rings. The molecule has 0 fully saturated rings. The number of carbonyl (C=O) groups is 1. The summed E-state index contributed by atoms with van der Waals surface area (Å²) < 4.78 is 7.04. The second kappa shape index (κ2) is 6.38. The molecule has 19 heavy (non-hydrogen) atoms. The molecule has 0 atom stereocenters. The Balaban J connectivity index is 2.00. The van der Waals surface area contributed by atoms with Crippen LogP contribution in [-0.4, -0.2) is 26.3 Å². The first-order valence-corrected chi connectivity index (χ1v) is 6.91. The topological polar surface area (TPSA) is 57.0 Å². The first-order chi connectivity index (χ1) is 9.20. The fraction of sp³-hybridized carbons (Fsp3) is 0.308. The zero-order chi connectivity index (χ0) is 13.7. The van der Waals surface area contributed by atoms with E-state index in [1.807, 2.05) is 24.7 Å². The molecule has 2 aromatic heterocycles. The number of aryl methyl sites for hydroxylation is 1. The van der Waals surface area contributed by atoms with Crippen molar-refractivity contribution in [3.8, 4) is 0 Å². The van der Waals surface area contributed by atoms with Crippen LogP contribution in [0.25, 0.3) is 0 Å². The fourth-order valence-electron chi connectivity index (χ4n) is 1.51. The van der Waals surface area contributed by atoms with E-state index in [4.69, 9.17) is 4.74 Å². The average Bonchev–Trinajstić information content (AvgIpc) is 2.82. The summed E-state index contributed by atoms with van der Waals surface area (Å²) >= 11 is 1.59. The number of aromatic nitrogens is 3.